The van der Waals surface area contributed by atoms with E-state index >= 15 is 0 Å². The van der Waals surface area contributed by atoms with Crippen LogP contribution in [0.25, 0.3) is 10.1 Å². The Morgan fingerprint density at radius 2 is 1.78 bits per heavy atom. The number of halogens is 1. The molecule has 1 aliphatic heterocycles. The van der Waals surface area contributed by atoms with Crippen molar-refractivity contribution in [1.29, 1.82) is 0 Å². The molecule has 7 nitrogen and oxygen atoms in total. The lowest BCUT2D eigenvalue weighted by molar-refractivity contribution is -0.133. The number of aromatic nitrogens is 1. The zero-order valence-corrected chi connectivity index (χ0v) is 16.3. The maximum Gasteiger partial charge on any atom is 0.410 e. The summed E-state index contributed by atoms with van der Waals surface area (Å²) in [7, 11) is 0. The second-order valence-electron chi connectivity index (χ2n) is 7.40. The first-order chi connectivity index (χ1) is 12.7. The maximum absolute atomic E-state index is 13.8. The Morgan fingerprint density at radius 1 is 1.15 bits per heavy atom. The lowest BCUT2D eigenvalue weighted by atomic mass is 10.2. The van der Waals surface area contributed by atoms with Crippen LogP contribution >= 0.6 is 11.5 Å². The molecule has 2 amide bonds. The van der Waals surface area contributed by atoms with Crippen LogP contribution in [-0.2, 0) is 16.1 Å². The van der Waals surface area contributed by atoms with Crippen molar-refractivity contribution in [3.8, 4) is 0 Å². The molecule has 2 aromatic rings. The van der Waals surface area contributed by atoms with Crippen LogP contribution in [-0.4, -0.2) is 57.5 Å². The highest BCUT2D eigenvalue weighted by Gasteiger charge is 2.28. The molecule has 27 heavy (non-hydrogen) atoms. The number of hydrogen-bond acceptors (Lipinski definition) is 5. The van der Waals surface area contributed by atoms with Crippen molar-refractivity contribution in [2.45, 2.75) is 32.9 Å². The van der Waals surface area contributed by atoms with Crippen molar-refractivity contribution >= 4 is 33.6 Å². The van der Waals surface area contributed by atoms with Gasteiger partial charge >= 0.3 is 6.09 Å². The number of hydrogen-bond donors (Lipinski definition) is 0. The summed E-state index contributed by atoms with van der Waals surface area (Å²) in [5.41, 5.74) is -0.933. The van der Waals surface area contributed by atoms with E-state index in [4.69, 9.17) is 4.74 Å². The van der Waals surface area contributed by atoms with Crippen LogP contribution in [0, 0.1) is 5.82 Å². The van der Waals surface area contributed by atoms with Gasteiger partial charge in [-0.05, 0) is 32.9 Å². The van der Waals surface area contributed by atoms with Crippen molar-refractivity contribution < 1.29 is 18.7 Å². The molecule has 2 heterocycles. The molecule has 146 valence electrons. The van der Waals surface area contributed by atoms with E-state index in [1.165, 1.54) is 16.1 Å². The first-order valence-electron chi connectivity index (χ1n) is 8.70. The van der Waals surface area contributed by atoms with E-state index in [1.807, 2.05) is 0 Å². The van der Waals surface area contributed by atoms with E-state index in [2.05, 4.69) is 0 Å². The quantitative estimate of drug-likeness (QED) is 0.782. The van der Waals surface area contributed by atoms with Crippen LogP contribution in [0.3, 0.4) is 0 Å². The van der Waals surface area contributed by atoms with Crippen LogP contribution in [0.1, 0.15) is 20.8 Å². The van der Waals surface area contributed by atoms with Crippen molar-refractivity contribution in [1.82, 2.24) is 13.8 Å². The highest BCUT2D eigenvalue weighted by molar-refractivity contribution is 7.13. The summed E-state index contributed by atoms with van der Waals surface area (Å²) in [6, 6.07) is 4.33. The van der Waals surface area contributed by atoms with Crippen LogP contribution in [0.15, 0.2) is 23.0 Å². The molecule has 1 saturated heterocycles. The smallest absolute Gasteiger partial charge is 0.410 e. The number of carbonyl (C=O) groups is 2. The first-order valence-corrected chi connectivity index (χ1v) is 9.47. The van der Waals surface area contributed by atoms with E-state index in [9.17, 15) is 18.8 Å². The van der Waals surface area contributed by atoms with Crippen molar-refractivity contribution in [2.24, 2.45) is 0 Å². The second kappa shape index (κ2) is 7.30. The zero-order valence-electron chi connectivity index (χ0n) is 15.5. The number of rotatable bonds is 2. The third kappa shape index (κ3) is 4.29. The van der Waals surface area contributed by atoms with Gasteiger partial charge in [0.2, 0.25) is 5.91 Å². The van der Waals surface area contributed by atoms with E-state index in [-0.39, 0.29) is 28.1 Å². The summed E-state index contributed by atoms with van der Waals surface area (Å²) in [6.45, 7) is 6.75. The largest absolute Gasteiger partial charge is 0.444 e. The van der Waals surface area contributed by atoms with Gasteiger partial charge in [-0.15, -0.1) is 0 Å². The van der Waals surface area contributed by atoms with Crippen molar-refractivity contribution in [3.05, 3.63) is 34.4 Å². The zero-order chi connectivity index (χ0) is 19.8. The van der Waals surface area contributed by atoms with Gasteiger partial charge in [0.05, 0.1) is 10.1 Å². The van der Waals surface area contributed by atoms with Gasteiger partial charge in [0, 0.05) is 26.2 Å². The van der Waals surface area contributed by atoms with Crippen molar-refractivity contribution in [3.63, 3.8) is 0 Å². The van der Waals surface area contributed by atoms with E-state index in [1.54, 1.807) is 36.6 Å². The number of piperazine rings is 1. The molecule has 1 aromatic carbocycles. The highest BCUT2D eigenvalue weighted by Crippen LogP contribution is 2.20. The molecular formula is C18H22FN3O4S. The molecule has 0 radical (unpaired) electrons. The third-order valence-electron chi connectivity index (χ3n) is 4.19. The Kier molecular flexibility index (Phi) is 5.23. The topological polar surface area (TPSA) is 71.8 Å². The second-order valence-corrected chi connectivity index (χ2v) is 8.43. The van der Waals surface area contributed by atoms with Crippen LogP contribution in [0.5, 0.6) is 0 Å². The van der Waals surface area contributed by atoms with E-state index in [0.29, 0.717) is 26.2 Å². The molecule has 0 saturated carbocycles. The Hall–Kier alpha value is -2.42. The SMILES string of the molecule is CC(C)(C)OC(=O)N1CCN(C(=O)Cn2sc3c(F)cccc3c2=O)CC1. The fourth-order valence-electron chi connectivity index (χ4n) is 2.85. The van der Waals surface area contributed by atoms with Gasteiger partial charge in [0.25, 0.3) is 5.56 Å². The molecule has 0 unspecified atom stereocenters. The minimum Gasteiger partial charge on any atom is -0.444 e. The van der Waals surface area contributed by atoms with Gasteiger partial charge in [-0.3, -0.25) is 13.5 Å². The van der Waals surface area contributed by atoms with Gasteiger partial charge < -0.3 is 14.5 Å². The number of carbonyl (C=O) groups excluding carboxylic acids is 2. The maximum atomic E-state index is 13.8. The Balaban J connectivity index is 1.62. The lowest BCUT2D eigenvalue weighted by Crippen LogP contribution is -2.52. The van der Waals surface area contributed by atoms with Gasteiger partial charge in [0.15, 0.2) is 0 Å². The van der Waals surface area contributed by atoms with E-state index in [0.717, 1.165) is 11.5 Å². The molecule has 0 atom stereocenters. The first kappa shape index (κ1) is 19.3. The molecule has 1 aromatic heterocycles. The summed E-state index contributed by atoms with van der Waals surface area (Å²) in [5.74, 6) is -0.695. The fourth-order valence-corrected chi connectivity index (χ4v) is 3.83. The molecule has 0 bridgehead atoms. The number of amides is 2. The van der Waals surface area contributed by atoms with Gasteiger partial charge in [-0.2, -0.15) is 0 Å². The molecule has 1 aliphatic rings. The van der Waals surface area contributed by atoms with Gasteiger partial charge in [-0.25, -0.2) is 9.18 Å². The highest BCUT2D eigenvalue weighted by atomic mass is 32.1. The number of fused-ring (bicyclic) bond motifs is 1. The summed E-state index contributed by atoms with van der Waals surface area (Å²) in [6.07, 6.45) is -0.397. The van der Waals surface area contributed by atoms with Gasteiger partial charge in [0.1, 0.15) is 18.0 Å². The molecule has 0 N–H and O–H groups in total. The van der Waals surface area contributed by atoms with E-state index < -0.39 is 17.5 Å². The van der Waals surface area contributed by atoms with Crippen LogP contribution in [0.2, 0.25) is 0 Å². The summed E-state index contributed by atoms with van der Waals surface area (Å²) < 4.78 is 20.7. The minimum atomic E-state index is -0.568. The Morgan fingerprint density at radius 3 is 2.37 bits per heavy atom. The Bertz CT molecular complexity index is 923. The average molecular weight is 395 g/mol. The number of benzene rings is 1. The normalized spacial score (nSPS) is 15.3. The fraction of sp³-hybridized carbons (Fsp3) is 0.500. The molecular weight excluding hydrogens is 373 g/mol. The van der Waals surface area contributed by atoms with Gasteiger partial charge in [-0.1, -0.05) is 17.6 Å². The molecule has 0 aliphatic carbocycles. The predicted molar refractivity (Wildman–Crippen MR) is 100 cm³/mol. The number of ether oxygens (including phenoxy) is 1. The average Bonchev–Trinajstić information content (AvgIpc) is 2.91. The molecule has 3 rings (SSSR count). The predicted octanol–water partition coefficient (Wildman–Crippen LogP) is 2.28. The molecule has 9 heteroatoms. The lowest BCUT2D eigenvalue weighted by Gasteiger charge is -2.35. The van der Waals surface area contributed by atoms with Crippen LogP contribution < -0.4 is 5.56 Å². The van der Waals surface area contributed by atoms with Crippen LogP contribution in [0.4, 0.5) is 9.18 Å². The van der Waals surface area contributed by atoms with Crippen molar-refractivity contribution in [2.75, 3.05) is 26.2 Å². The minimum absolute atomic E-state index is 0.135. The molecule has 0 spiro atoms. The number of nitrogens with zero attached hydrogens (tertiary/aromatic N) is 3. The monoisotopic (exact) mass is 395 g/mol. The summed E-state index contributed by atoms with van der Waals surface area (Å²) in [5, 5.41) is 0.280. The standard InChI is InChI=1S/C18H22FN3O4S/c1-18(2,3)26-17(25)21-9-7-20(8-10-21)14(23)11-22-16(24)12-5-4-6-13(19)15(12)27-22/h4-6H,7-11H2,1-3H3. The summed E-state index contributed by atoms with van der Waals surface area (Å²) >= 11 is 0.952. The summed E-state index contributed by atoms with van der Waals surface area (Å²) in [4.78, 5) is 40.1. The Labute approximate surface area is 160 Å². The third-order valence-corrected chi connectivity index (χ3v) is 5.30. The molecule has 1 fully saturated rings.